The van der Waals surface area contributed by atoms with Crippen molar-refractivity contribution in [3.63, 3.8) is 0 Å². The molecule has 0 aromatic rings. The van der Waals surface area contributed by atoms with Crippen molar-refractivity contribution in [3.8, 4) is 0 Å². The van der Waals surface area contributed by atoms with E-state index in [0.717, 1.165) is 38.5 Å². The highest BCUT2D eigenvalue weighted by atomic mass is 31.2. The van der Waals surface area contributed by atoms with Gasteiger partial charge in [-0.2, -0.15) is 0 Å². The first-order valence-electron chi connectivity index (χ1n) is 19.2. The largest absolute Gasteiger partial charge is 0.472 e. The Labute approximate surface area is 288 Å². The number of aliphatic hydroxyl groups excluding tert-OH is 1. The van der Waals surface area contributed by atoms with E-state index < -0.39 is 26.5 Å². The van der Waals surface area contributed by atoms with Crippen molar-refractivity contribution in [2.75, 3.05) is 26.4 Å². The van der Waals surface area contributed by atoms with Gasteiger partial charge in [0.15, 0.2) is 0 Å². The number of hydrogen-bond donors (Lipinski definition) is 3. The van der Waals surface area contributed by atoms with E-state index in [9.17, 15) is 24.2 Å². The van der Waals surface area contributed by atoms with Crippen molar-refractivity contribution in [2.45, 2.75) is 187 Å². The van der Waals surface area contributed by atoms with Gasteiger partial charge in [0, 0.05) is 19.4 Å². The molecule has 0 aliphatic carbocycles. The third-order valence-corrected chi connectivity index (χ3v) is 9.18. The molecular formula is C37H72NO8P. The summed E-state index contributed by atoms with van der Waals surface area (Å²) >= 11 is 0. The second-order valence-corrected chi connectivity index (χ2v) is 14.4. The SMILES string of the molecule is CCCCCCCC/C=C/CCCCCCCCCCCCCCCC(=O)NCCOP(=O)(O)OCC(O)COC(=O)CCCCC. The standard InChI is InChI=1S/C37H72NO8P/c1-3-5-7-8-9-10-11-12-13-14-15-16-17-18-19-20-21-22-23-24-25-26-28-29-36(40)38-31-32-45-47(42,43)46-34-35(39)33-44-37(41)30-27-6-4-2/h12-13,35,39H,3-11,14-34H2,1-2H3,(H,38,40)(H,42,43)/b13-12+. The Bertz CT molecular complexity index is 794. The number of phosphoric ester groups is 1. The van der Waals surface area contributed by atoms with E-state index >= 15 is 0 Å². The van der Waals surface area contributed by atoms with Crippen LogP contribution in [-0.2, 0) is 27.9 Å². The van der Waals surface area contributed by atoms with E-state index in [2.05, 4.69) is 24.4 Å². The molecule has 0 fully saturated rings. The number of carbonyl (C=O) groups is 2. The second-order valence-electron chi connectivity index (χ2n) is 12.9. The highest BCUT2D eigenvalue weighted by Gasteiger charge is 2.23. The lowest BCUT2D eigenvalue weighted by Gasteiger charge is -2.15. The van der Waals surface area contributed by atoms with Crippen LogP contribution in [0.2, 0.25) is 0 Å². The minimum atomic E-state index is -4.39. The van der Waals surface area contributed by atoms with Gasteiger partial charge in [-0.25, -0.2) is 4.57 Å². The molecule has 0 aromatic carbocycles. The number of hydrogen-bond acceptors (Lipinski definition) is 7. The summed E-state index contributed by atoms with van der Waals surface area (Å²) in [6.45, 7) is 3.35. The lowest BCUT2D eigenvalue weighted by Crippen LogP contribution is -2.27. The van der Waals surface area contributed by atoms with Crippen LogP contribution in [0.4, 0.5) is 0 Å². The Morgan fingerprint density at radius 1 is 0.638 bits per heavy atom. The zero-order valence-electron chi connectivity index (χ0n) is 30.2. The van der Waals surface area contributed by atoms with Crippen LogP contribution in [-0.4, -0.2) is 54.3 Å². The number of phosphoric acid groups is 1. The van der Waals surface area contributed by atoms with Crippen LogP contribution in [0, 0.1) is 0 Å². The molecule has 9 nitrogen and oxygen atoms in total. The molecule has 0 rings (SSSR count). The normalized spacial score (nSPS) is 13.5. The second kappa shape index (κ2) is 34.6. The van der Waals surface area contributed by atoms with Crippen LogP contribution in [0.5, 0.6) is 0 Å². The van der Waals surface area contributed by atoms with Crippen molar-refractivity contribution in [3.05, 3.63) is 12.2 Å². The summed E-state index contributed by atoms with van der Waals surface area (Å²) in [7, 11) is -4.39. The van der Waals surface area contributed by atoms with Gasteiger partial charge < -0.3 is 20.1 Å². The molecule has 2 unspecified atom stereocenters. The molecule has 0 aliphatic heterocycles. The number of nitrogens with one attached hydrogen (secondary N) is 1. The van der Waals surface area contributed by atoms with Gasteiger partial charge >= 0.3 is 13.8 Å². The Balaban J connectivity index is 3.46. The molecule has 0 radical (unpaired) electrons. The van der Waals surface area contributed by atoms with E-state index in [-0.39, 0.29) is 32.1 Å². The predicted octanol–water partition coefficient (Wildman–Crippen LogP) is 9.88. The monoisotopic (exact) mass is 689 g/mol. The number of esters is 1. The first-order valence-corrected chi connectivity index (χ1v) is 20.7. The summed E-state index contributed by atoms with van der Waals surface area (Å²) in [5, 5.41) is 12.5. The molecule has 0 aromatic heterocycles. The number of carbonyl (C=O) groups excluding carboxylic acids is 2. The fourth-order valence-corrected chi connectivity index (χ4v) is 6.01. The number of unbranched alkanes of at least 4 members (excludes halogenated alkanes) is 21. The van der Waals surface area contributed by atoms with Gasteiger partial charge in [0.05, 0.1) is 13.2 Å². The smallest absolute Gasteiger partial charge is 0.463 e. The zero-order chi connectivity index (χ0) is 34.7. The van der Waals surface area contributed by atoms with E-state index in [1.165, 1.54) is 116 Å². The molecule has 10 heteroatoms. The van der Waals surface area contributed by atoms with Gasteiger partial charge in [-0.05, 0) is 38.5 Å². The first-order chi connectivity index (χ1) is 22.8. The zero-order valence-corrected chi connectivity index (χ0v) is 31.1. The van der Waals surface area contributed by atoms with Gasteiger partial charge in [-0.15, -0.1) is 0 Å². The van der Waals surface area contributed by atoms with Crippen molar-refractivity contribution in [1.82, 2.24) is 5.32 Å². The third kappa shape index (κ3) is 35.9. The lowest BCUT2D eigenvalue weighted by molar-refractivity contribution is -0.147. The topological polar surface area (TPSA) is 131 Å². The van der Waals surface area contributed by atoms with Gasteiger partial charge in [0.1, 0.15) is 12.7 Å². The van der Waals surface area contributed by atoms with Gasteiger partial charge in [0.25, 0.3) is 0 Å². The Morgan fingerprint density at radius 3 is 1.62 bits per heavy atom. The van der Waals surface area contributed by atoms with Crippen LogP contribution in [0.1, 0.15) is 181 Å². The summed E-state index contributed by atoms with van der Waals surface area (Å²) in [5.41, 5.74) is 0. The number of amides is 1. The average molecular weight is 690 g/mol. The summed E-state index contributed by atoms with van der Waals surface area (Å²) < 4.78 is 26.4. The maximum Gasteiger partial charge on any atom is 0.472 e. The fourth-order valence-electron chi connectivity index (χ4n) is 5.26. The minimum Gasteiger partial charge on any atom is -0.463 e. The molecule has 2 atom stereocenters. The highest BCUT2D eigenvalue weighted by Crippen LogP contribution is 2.42. The lowest BCUT2D eigenvalue weighted by atomic mass is 10.0. The van der Waals surface area contributed by atoms with Crippen molar-refractivity contribution >= 4 is 19.7 Å². The molecule has 278 valence electrons. The molecule has 47 heavy (non-hydrogen) atoms. The Morgan fingerprint density at radius 2 is 1.09 bits per heavy atom. The highest BCUT2D eigenvalue weighted by molar-refractivity contribution is 7.47. The van der Waals surface area contributed by atoms with Crippen LogP contribution in [0.3, 0.4) is 0 Å². The molecular weight excluding hydrogens is 617 g/mol. The first kappa shape index (κ1) is 45.8. The molecule has 3 N–H and O–H groups in total. The quantitative estimate of drug-likeness (QED) is 0.0256. The van der Waals surface area contributed by atoms with E-state index in [1.54, 1.807) is 0 Å². The third-order valence-electron chi connectivity index (χ3n) is 8.20. The number of ether oxygens (including phenoxy) is 1. The molecule has 0 aliphatic rings. The van der Waals surface area contributed by atoms with E-state index in [4.69, 9.17) is 13.8 Å². The molecule has 0 saturated carbocycles. The number of aliphatic hydroxyl groups is 1. The summed E-state index contributed by atoms with van der Waals surface area (Å²) in [4.78, 5) is 33.3. The molecule has 0 heterocycles. The van der Waals surface area contributed by atoms with Crippen molar-refractivity contribution in [2.24, 2.45) is 0 Å². The molecule has 1 amide bonds. The Hall–Kier alpha value is -1.25. The van der Waals surface area contributed by atoms with Crippen LogP contribution in [0.25, 0.3) is 0 Å². The van der Waals surface area contributed by atoms with Crippen molar-refractivity contribution in [1.29, 1.82) is 0 Å². The minimum absolute atomic E-state index is 0.0847. The van der Waals surface area contributed by atoms with Crippen LogP contribution >= 0.6 is 7.82 Å². The van der Waals surface area contributed by atoms with Crippen molar-refractivity contribution < 1.29 is 37.9 Å². The van der Waals surface area contributed by atoms with Gasteiger partial charge in [0.2, 0.25) is 5.91 Å². The van der Waals surface area contributed by atoms with Gasteiger partial charge in [-0.1, -0.05) is 142 Å². The van der Waals surface area contributed by atoms with Crippen LogP contribution < -0.4 is 5.32 Å². The van der Waals surface area contributed by atoms with E-state index in [0.29, 0.717) is 6.42 Å². The van der Waals surface area contributed by atoms with Gasteiger partial charge in [-0.3, -0.25) is 18.6 Å². The Kier molecular flexibility index (Phi) is 33.7. The van der Waals surface area contributed by atoms with E-state index in [1.807, 2.05) is 6.92 Å². The summed E-state index contributed by atoms with van der Waals surface area (Å²) in [5.74, 6) is -0.537. The predicted molar refractivity (Wildman–Crippen MR) is 192 cm³/mol. The maximum absolute atomic E-state index is 12.0. The average Bonchev–Trinajstić information content (AvgIpc) is 3.05. The summed E-state index contributed by atoms with van der Waals surface area (Å²) in [6, 6.07) is 0. The molecule has 0 saturated heterocycles. The maximum atomic E-state index is 12.0. The summed E-state index contributed by atoms with van der Waals surface area (Å²) in [6.07, 6.45) is 33.9. The molecule has 0 spiro atoms. The van der Waals surface area contributed by atoms with Crippen LogP contribution in [0.15, 0.2) is 12.2 Å². The molecule has 0 bridgehead atoms. The fraction of sp³-hybridized carbons (Fsp3) is 0.892. The number of rotatable bonds is 36. The number of allylic oxidation sites excluding steroid dienone is 2.